The van der Waals surface area contributed by atoms with E-state index in [9.17, 15) is 4.79 Å². The Bertz CT molecular complexity index is 177. The summed E-state index contributed by atoms with van der Waals surface area (Å²) in [5, 5.41) is 2.96. The zero-order valence-corrected chi connectivity index (χ0v) is 8.42. The molecule has 2 nitrogen and oxygen atoms in total. The van der Waals surface area contributed by atoms with Crippen molar-refractivity contribution in [1.82, 2.24) is 5.32 Å². The molecule has 70 valence electrons. The Morgan fingerprint density at radius 2 is 2.00 bits per heavy atom. The quantitative estimate of drug-likeness (QED) is 0.671. The van der Waals surface area contributed by atoms with Gasteiger partial charge in [0.25, 0.3) is 0 Å². The molecule has 1 rings (SSSR count). The standard InChI is InChI=1S/C10H19NO/c1-6(2)7(3)9-5-10(12)11-8(9)4/h6-9H,5H2,1-4H3,(H,11,12). The Morgan fingerprint density at radius 1 is 1.42 bits per heavy atom. The van der Waals surface area contributed by atoms with E-state index < -0.39 is 0 Å². The van der Waals surface area contributed by atoms with E-state index in [1.165, 1.54) is 0 Å². The Labute approximate surface area is 74.7 Å². The Balaban J connectivity index is 2.57. The second kappa shape index (κ2) is 3.46. The van der Waals surface area contributed by atoms with E-state index in [1.54, 1.807) is 0 Å². The minimum atomic E-state index is 0.222. The highest BCUT2D eigenvalue weighted by atomic mass is 16.1. The molecule has 0 aromatic rings. The molecule has 3 atom stereocenters. The van der Waals surface area contributed by atoms with E-state index in [2.05, 4.69) is 33.0 Å². The average Bonchev–Trinajstić information content (AvgIpc) is 2.28. The van der Waals surface area contributed by atoms with E-state index in [1.807, 2.05) is 0 Å². The van der Waals surface area contributed by atoms with Crippen LogP contribution in [0.2, 0.25) is 0 Å². The molecule has 1 fully saturated rings. The highest BCUT2D eigenvalue weighted by Gasteiger charge is 2.33. The molecule has 0 saturated carbocycles. The summed E-state index contributed by atoms with van der Waals surface area (Å²) < 4.78 is 0. The lowest BCUT2D eigenvalue weighted by atomic mass is 9.81. The number of carbonyl (C=O) groups excluding carboxylic acids is 1. The van der Waals surface area contributed by atoms with Crippen LogP contribution in [0.3, 0.4) is 0 Å². The largest absolute Gasteiger partial charge is 0.353 e. The molecule has 0 aromatic heterocycles. The first-order valence-corrected chi connectivity index (χ1v) is 4.81. The monoisotopic (exact) mass is 169 g/mol. The molecule has 2 heteroatoms. The molecule has 1 aliphatic rings. The van der Waals surface area contributed by atoms with Crippen molar-refractivity contribution in [3.05, 3.63) is 0 Å². The van der Waals surface area contributed by atoms with E-state index in [0.29, 0.717) is 23.8 Å². The van der Waals surface area contributed by atoms with Crippen LogP contribution in [0.1, 0.15) is 34.1 Å². The third kappa shape index (κ3) is 1.79. The van der Waals surface area contributed by atoms with Gasteiger partial charge in [-0.2, -0.15) is 0 Å². The Kier molecular flexibility index (Phi) is 2.76. The lowest BCUT2D eigenvalue weighted by Gasteiger charge is -2.25. The van der Waals surface area contributed by atoms with Crippen molar-refractivity contribution in [3.63, 3.8) is 0 Å². The van der Waals surface area contributed by atoms with Gasteiger partial charge in [0.2, 0.25) is 5.91 Å². The van der Waals surface area contributed by atoms with Gasteiger partial charge >= 0.3 is 0 Å². The molecule has 3 unspecified atom stereocenters. The first kappa shape index (κ1) is 9.56. The zero-order valence-electron chi connectivity index (χ0n) is 8.42. The van der Waals surface area contributed by atoms with Crippen LogP contribution in [0.25, 0.3) is 0 Å². The molecule has 1 aliphatic heterocycles. The predicted octanol–water partition coefficient (Wildman–Crippen LogP) is 1.80. The minimum absolute atomic E-state index is 0.222. The molecular weight excluding hydrogens is 150 g/mol. The first-order valence-electron chi connectivity index (χ1n) is 4.81. The number of amides is 1. The summed E-state index contributed by atoms with van der Waals surface area (Å²) in [5.74, 6) is 2.07. The Morgan fingerprint density at radius 3 is 2.33 bits per heavy atom. The molecule has 0 spiro atoms. The van der Waals surface area contributed by atoms with Crippen LogP contribution in [-0.2, 0) is 4.79 Å². The molecular formula is C10H19NO. The summed E-state index contributed by atoms with van der Waals surface area (Å²) in [5.41, 5.74) is 0. The summed E-state index contributed by atoms with van der Waals surface area (Å²) in [6, 6.07) is 0.370. The third-order valence-corrected chi connectivity index (χ3v) is 3.18. The van der Waals surface area contributed by atoms with Crippen molar-refractivity contribution < 1.29 is 4.79 Å². The van der Waals surface area contributed by atoms with Crippen LogP contribution < -0.4 is 5.32 Å². The van der Waals surface area contributed by atoms with E-state index in [0.717, 1.165) is 6.42 Å². The van der Waals surface area contributed by atoms with Crippen LogP contribution >= 0.6 is 0 Å². The predicted molar refractivity (Wildman–Crippen MR) is 49.7 cm³/mol. The van der Waals surface area contributed by atoms with Gasteiger partial charge in [-0.15, -0.1) is 0 Å². The van der Waals surface area contributed by atoms with Crippen LogP contribution in [-0.4, -0.2) is 11.9 Å². The van der Waals surface area contributed by atoms with Gasteiger partial charge in [0.05, 0.1) is 0 Å². The second-order valence-electron chi connectivity index (χ2n) is 4.33. The fraction of sp³-hybridized carbons (Fsp3) is 0.900. The van der Waals surface area contributed by atoms with E-state index in [4.69, 9.17) is 0 Å². The van der Waals surface area contributed by atoms with Crippen LogP contribution in [0.5, 0.6) is 0 Å². The van der Waals surface area contributed by atoms with Crippen molar-refractivity contribution in [2.24, 2.45) is 17.8 Å². The van der Waals surface area contributed by atoms with Crippen molar-refractivity contribution in [2.75, 3.05) is 0 Å². The molecule has 1 N–H and O–H groups in total. The number of hydrogen-bond acceptors (Lipinski definition) is 1. The summed E-state index contributed by atoms with van der Waals surface area (Å²) in [6.45, 7) is 8.79. The summed E-state index contributed by atoms with van der Waals surface area (Å²) in [6.07, 6.45) is 0.723. The molecule has 0 bridgehead atoms. The van der Waals surface area contributed by atoms with Gasteiger partial charge in [-0.3, -0.25) is 4.79 Å². The number of carbonyl (C=O) groups is 1. The highest BCUT2D eigenvalue weighted by molar-refractivity contribution is 5.78. The maximum absolute atomic E-state index is 11.1. The average molecular weight is 169 g/mol. The molecule has 0 radical (unpaired) electrons. The fourth-order valence-corrected chi connectivity index (χ4v) is 1.95. The van der Waals surface area contributed by atoms with E-state index >= 15 is 0 Å². The third-order valence-electron chi connectivity index (χ3n) is 3.18. The smallest absolute Gasteiger partial charge is 0.220 e. The summed E-state index contributed by atoms with van der Waals surface area (Å²) in [4.78, 5) is 11.1. The second-order valence-corrected chi connectivity index (χ2v) is 4.33. The summed E-state index contributed by atoms with van der Waals surface area (Å²) in [7, 11) is 0. The molecule has 12 heavy (non-hydrogen) atoms. The lowest BCUT2D eigenvalue weighted by molar-refractivity contribution is -0.119. The molecule has 1 amide bonds. The molecule has 1 saturated heterocycles. The van der Waals surface area contributed by atoms with Gasteiger partial charge < -0.3 is 5.32 Å². The van der Waals surface area contributed by atoms with Crippen molar-refractivity contribution in [3.8, 4) is 0 Å². The van der Waals surface area contributed by atoms with Gasteiger partial charge in [-0.1, -0.05) is 20.8 Å². The zero-order chi connectivity index (χ0) is 9.30. The van der Waals surface area contributed by atoms with E-state index in [-0.39, 0.29) is 5.91 Å². The molecule has 1 heterocycles. The SMILES string of the molecule is CC(C)C(C)C1CC(=O)NC1C. The fourth-order valence-electron chi connectivity index (χ4n) is 1.95. The van der Waals surface area contributed by atoms with Crippen LogP contribution in [0.4, 0.5) is 0 Å². The normalized spacial score (nSPS) is 32.2. The Hall–Kier alpha value is -0.530. The maximum atomic E-state index is 11.1. The number of rotatable bonds is 2. The lowest BCUT2D eigenvalue weighted by Crippen LogP contribution is -2.29. The highest BCUT2D eigenvalue weighted by Crippen LogP contribution is 2.29. The van der Waals surface area contributed by atoms with Gasteiger partial charge in [0, 0.05) is 12.5 Å². The van der Waals surface area contributed by atoms with Gasteiger partial charge in [-0.05, 0) is 24.7 Å². The van der Waals surface area contributed by atoms with Gasteiger partial charge in [0.15, 0.2) is 0 Å². The summed E-state index contributed by atoms with van der Waals surface area (Å²) >= 11 is 0. The number of hydrogen-bond donors (Lipinski definition) is 1. The topological polar surface area (TPSA) is 29.1 Å². The van der Waals surface area contributed by atoms with Crippen LogP contribution in [0.15, 0.2) is 0 Å². The van der Waals surface area contributed by atoms with Crippen LogP contribution in [0, 0.1) is 17.8 Å². The van der Waals surface area contributed by atoms with Crippen molar-refractivity contribution in [1.29, 1.82) is 0 Å². The first-order chi connectivity index (χ1) is 5.52. The number of nitrogens with one attached hydrogen (secondary N) is 1. The molecule has 0 aromatic carbocycles. The van der Waals surface area contributed by atoms with Crippen molar-refractivity contribution in [2.45, 2.75) is 40.2 Å². The maximum Gasteiger partial charge on any atom is 0.220 e. The van der Waals surface area contributed by atoms with Gasteiger partial charge in [0.1, 0.15) is 0 Å². The molecule has 0 aliphatic carbocycles. The van der Waals surface area contributed by atoms with Crippen molar-refractivity contribution >= 4 is 5.91 Å². The van der Waals surface area contributed by atoms with Gasteiger partial charge in [-0.25, -0.2) is 0 Å². The minimum Gasteiger partial charge on any atom is -0.353 e.